The van der Waals surface area contributed by atoms with Gasteiger partial charge in [0, 0.05) is 36.9 Å². The number of carbonyl (C=O) groups is 3. The number of carbonyl (C=O) groups excluding carboxylic acids is 3. The van der Waals surface area contributed by atoms with E-state index in [4.69, 9.17) is 28.5 Å². The molecule has 0 spiro atoms. The Hall–Kier alpha value is -3.11. The van der Waals surface area contributed by atoms with E-state index in [0.29, 0.717) is 17.8 Å². The summed E-state index contributed by atoms with van der Waals surface area (Å²) in [5.41, 5.74) is -1.22. The van der Waals surface area contributed by atoms with Crippen LogP contribution in [0.3, 0.4) is 0 Å². The second kappa shape index (κ2) is 21.5. The molecule has 3 heterocycles. The Kier molecular flexibility index (Phi) is 17.8. The van der Waals surface area contributed by atoms with E-state index in [0.717, 1.165) is 18.5 Å². The minimum absolute atomic E-state index is 0.0558. The molecule has 1 aromatic carbocycles. The lowest BCUT2D eigenvalue weighted by Crippen LogP contribution is -2.61. The number of fused-ring (bicyclic) bond motifs is 5. The standard InChI is InChI=1S/C47H75N3O11/c1-14-37-47(12,55)42-30(4)38(48-33(7)51)28(2)25-46(11,57-27-35(20-23-56-42)49-58-26-34-18-16-15-17-19-34)41(31(5)39(52)32(6)43(54)60-37)61-44-40(53)36(24-29(3)59-44)50(13)22-21-45(8,9)10/h15-19,28-32,36-37,40-42,44,53,55H,14,20-27H2,1-13H3/b48-38?,49-35+/t28-,29-,30+,31+,32-,36+,37-,40-,41-,42-,44+,46-,47-/m1/s1. The van der Waals surface area contributed by atoms with Crippen LogP contribution in [-0.4, -0.2) is 125 Å². The zero-order valence-corrected chi connectivity index (χ0v) is 39.0. The first-order valence-corrected chi connectivity index (χ1v) is 22.2. The number of oxime groups is 1. The summed E-state index contributed by atoms with van der Waals surface area (Å²) < 4.78 is 32.8. The second-order valence-electron chi connectivity index (χ2n) is 19.4. The van der Waals surface area contributed by atoms with Crippen molar-refractivity contribution in [3.05, 3.63) is 35.9 Å². The predicted octanol–water partition coefficient (Wildman–Crippen LogP) is 6.32. The van der Waals surface area contributed by atoms with Crippen LogP contribution in [-0.2, 0) is 49.5 Å². The molecule has 2 N–H and O–H groups in total. The number of nitrogens with zero attached hydrogens (tertiary/aromatic N) is 3. The highest BCUT2D eigenvalue weighted by Gasteiger charge is 2.53. The van der Waals surface area contributed by atoms with Gasteiger partial charge in [-0.2, -0.15) is 0 Å². The van der Waals surface area contributed by atoms with Crippen LogP contribution in [0.2, 0.25) is 0 Å². The molecule has 13 atom stereocenters. The number of hydrogen-bond acceptors (Lipinski definition) is 13. The third-order valence-electron chi connectivity index (χ3n) is 12.8. The van der Waals surface area contributed by atoms with Gasteiger partial charge in [-0.3, -0.25) is 14.4 Å². The highest BCUT2D eigenvalue weighted by Crippen LogP contribution is 2.40. The van der Waals surface area contributed by atoms with Crippen molar-refractivity contribution in [3.8, 4) is 0 Å². The number of benzene rings is 1. The van der Waals surface area contributed by atoms with Gasteiger partial charge < -0.3 is 43.6 Å². The lowest BCUT2D eigenvalue weighted by Gasteiger charge is -2.48. The molecule has 3 aliphatic heterocycles. The van der Waals surface area contributed by atoms with E-state index in [1.165, 1.54) is 13.8 Å². The highest BCUT2D eigenvalue weighted by atomic mass is 16.7. The van der Waals surface area contributed by atoms with Crippen molar-refractivity contribution < 1.29 is 53.1 Å². The Labute approximate surface area is 364 Å². The molecule has 14 nitrogen and oxygen atoms in total. The summed E-state index contributed by atoms with van der Waals surface area (Å²) in [7, 11) is 1.99. The molecule has 3 fully saturated rings. The molecule has 0 unspecified atom stereocenters. The Morgan fingerprint density at radius 2 is 1.72 bits per heavy atom. The molecule has 344 valence electrons. The van der Waals surface area contributed by atoms with Gasteiger partial charge in [0.05, 0.1) is 42.8 Å². The lowest BCUT2D eigenvalue weighted by molar-refractivity contribution is -0.297. The molecule has 3 saturated heterocycles. The SMILES string of the molecule is CC[C@H]1OC(=O)[C@H](C)C(=O)[C@H](C)[C@@H](O[C@@H]2O[C@H](C)C[C@H](N(C)CCC(C)(C)C)[C@H]2O)[C@@]2(C)C[C@@H](C)C(=NC(C)=O)[C@H](C)[C@@H](OCC/C(=N\OCc3ccccc3)CO2)[C@]1(C)O. The summed E-state index contributed by atoms with van der Waals surface area (Å²) in [5.74, 6) is -5.18. The van der Waals surface area contributed by atoms with Crippen LogP contribution < -0.4 is 0 Å². The van der Waals surface area contributed by atoms with E-state index < -0.39 is 83.2 Å². The Balaban J connectivity index is 1.90. The molecule has 0 saturated carbocycles. The van der Waals surface area contributed by atoms with E-state index in [2.05, 4.69) is 35.8 Å². The van der Waals surface area contributed by atoms with Crippen LogP contribution in [0.4, 0.5) is 0 Å². The fraction of sp³-hybridized carbons (Fsp3) is 0.766. The maximum atomic E-state index is 14.7. The first-order valence-electron chi connectivity index (χ1n) is 22.2. The van der Waals surface area contributed by atoms with E-state index in [1.54, 1.807) is 20.8 Å². The molecule has 0 radical (unpaired) electrons. The molecule has 0 aromatic heterocycles. The van der Waals surface area contributed by atoms with Gasteiger partial charge in [0.15, 0.2) is 12.1 Å². The molecule has 0 aliphatic carbocycles. The predicted molar refractivity (Wildman–Crippen MR) is 233 cm³/mol. The van der Waals surface area contributed by atoms with Crippen LogP contribution in [0.25, 0.3) is 0 Å². The number of ketones is 1. The van der Waals surface area contributed by atoms with Gasteiger partial charge in [-0.25, -0.2) is 4.99 Å². The van der Waals surface area contributed by atoms with Gasteiger partial charge in [0.1, 0.15) is 30.3 Å². The first kappa shape index (κ1) is 50.5. The smallest absolute Gasteiger partial charge is 0.316 e. The Morgan fingerprint density at radius 3 is 2.34 bits per heavy atom. The molecule has 1 aromatic rings. The molecule has 14 heteroatoms. The van der Waals surface area contributed by atoms with Crippen LogP contribution >= 0.6 is 0 Å². The number of esters is 1. The lowest BCUT2D eigenvalue weighted by atomic mass is 9.73. The van der Waals surface area contributed by atoms with Gasteiger partial charge in [0.25, 0.3) is 0 Å². The number of amides is 1. The maximum absolute atomic E-state index is 14.7. The Bertz CT molecular complexity index is 1680. The summed E-state index contributed by atoms with van der Waals surface area (Å²) >= 11 is 0. The molecule has 2 bridgehead atoms. The average Bonchev–Trinajstić information content (AvgIpc) is 3.19. The Morgan fingerprint density at radius 1 is 1.05 bits per heavy atom. The molecular weight excluding hydrogens is 783 g/mol. The number of ether oxygens (including phenoxy) is 5. The normalized spacial score (nSPS) is 37.7. The third-order valence-corrected chi connectivity index (χ3v) is 12.8. The first-order chi connectivity index (χ1) is 28.5. The van der Waals surface area contributed by atoms with Crippen molar-refractivity contribution in [2.75, 3.05) is 26.8 Å². The fourth-order valence-electron chi connectivity index (χ4n) is 9.15. The minimum Gasteiger partial charge on any atom is -0.459 e. The van der Waals surface area contributed by atoms with E-state index in [9.17, 15) is 24.6 Å². The summed E-state index contributed by atoms with van der Waals surface area (Å²) in [6.07, 6.45) is -3.77. The monoisotopic (exact) mass is 858 g/mol. The van der Waals surface area contributed by atoms with Crippen molar-refractivity contribution in [3.63, 3.8) is 0 Å². The molecule has 3 aliphatic rings. The van der Waals surface area contributed by atoms with Crippen molar-refractivity contribution in [2.45, 2.75) is 176 Å². The van der Waals surface area contributed by atoms with Crippen LogP contribution in [0.15, 0.2) is 40.5 Å². The highest BCUT2D eigenvalue weighted by molar-refractivity contribution is 6.00. The zero-order valence-electron chi connectivity index (χ0n) is 39.0. The topological polar surface area (TPSA) is 175 Å². The number of aliphatic hydroxyl groups is 2. The third kappa shape index (κ3) is 13.2. The summed E-state index contributed by atoms with van der Waals surface area (Å²) in [5, 5.41) is 29.0. The van der Waals surface area contributed by atoms with Gasteiger partial charge in [-0.15, -0.1) is 0 Å². The van der Waals surface area contributed by atoms with Gasteiger partial charge >= 0.3 is 5.97 Å². The number of cyclic esters (lactones) is 1. The fourth-order valence-corrected chi connectivity index (χ4v) is 9.15. The average molecular weight is 858 g/mol. The second-order valence-corrected chi connectivity index (χ2v) is 19.4. The summed E-state index contributed by atoms with van der Waals surface area (Å²) in [6, 6.07) is 9.31. The van der Waals surface area contributed by atoms with E-state index >= 15 is 0 Å². The van der Waals surface area contributed by atoms with E-state index in [-0.39, 0.29) is 56.6 Å². The van der Waals surface area contributed by atoms with Crippen LogP contribution in [0, 0.1) is 29.1 Å². The minimum atomic E-state index is -1.79. The number of hydrogen-bond donors (Lipinski definition) is 2. The van der Waals surface area contributed by atoms with E-state index in [1.807, 2.05) is 65.1 Å². The van der Waals surface area contributed by atoms with Crippen molar-refractivity contribution >= 4 is 29.1 Å². The van der Waals surface area contributed by atoms with Crippen LogP contribution in [0.5, 0.6) is 0 Å². The van der Waals surface area contributed by atoms with Crippen molar-refractivity contribution in [1.82, 2.24) is 4.90 Å². The number of likely N-dealkylation sites (N-methyl/N-ethyl adjacent to an activating group) is 1. The zero-order chi connectivity index (χ0) is 45.4. The molecule has 4 rings (SSSR count). The van der Waals surface area contributed by atoms with Gasteiger partial charge in [0.2, 0.25) is 5.91 Å². The number of Topliss-reactive ketones (excluding diaryl/α,β-unsaturated/α-hetero) is 1. The van der Waals surface area contributed by atoms with Gasteiger partial charge in [-0.05, 0) is 83.9 Å². The van der Waals surface area contributed by atoms with Gasteiger partial charge in [-0.1, -0.05) is 84.0 Å². The number of rotatable bonds is 9. The van der Waals surface area contributed by atoms with Crippen molar-refractivity contribution in [2.24, 2.45) is 39.2 Å². The number of aliphatic imine (C=N–C) groups is 1. The molecule has 61 heavy (non-hydrogen) atoms. The number of aliphatic hydroxyl groups excluding tert-OH is 1. The summed E-state index contributed by atoms with van der Waals surface area (Å²) in [6.45, 7) is 22.9. The van der Waals surface area contributed by atoms with Crippen LogP contribution in [0.1, 0.15) is 121 Å². The molecule has 1 amide bonds. The van der Waals surface area contributed by atoms with Crippen molar-refractivity contribution in [1.29, 1.82) is 0 Å². The largest absolute Gasteiger partial charge is 0.459 e. The summed E-state index contributed by atoms with van der Waals surface area (Å²) in [4.78, 5) is 54.0. The molecular formula is C47H75N3O11. The maximum Gasteiger partial charge on any atom is 0.316 e. The quantitative estimate of drug-likeness (QED) is 0.161.